The fourth-order valence-corrected chi connectivity index (χ4v) is 2.01. The highest BCUT2D eigenvalue weighted by Crippen LogP contribution is 2.31. The number of rotatable bonds is 3. The number of hydrogen-bond acceptors (Lipinski definition) is 3. The molecule has 0 saturated heterocycles. The highest BCUT2D eigenvalue weighted by atomic mass is 35.5. The Morgan fingerprint density at radius 3 is 2.42 bits per heavy atom. The molecule has 0 fully saturated rings. The molecule has 1 amide bonds. The van der Waals surface area contributed by atoms with Gasteiger partial charge in [-0.3, -0.25) is 4.79 Å². The van der Waals surface area contributed by atoms with Crippen molar-refractivity contribution in [2.75, 3.05) is 11.1 Å². The average molecular weight is 276 g/mol. The third-order valence-electron chi connectivity index (χ3n) is 2.70. The first kappa shape index (κ1) is 13.2. The monoisotopic (exact) mass is 275 g/mol. The Hall–Kier alpha value is -2.20. The summed E-state index contributed by atoms with van der Waals surface area (Å²) in [5.41, 5.74) is 14.1. The number of anilines is 3. The Balaban J connectivity index is 2.44. The minimum absolute atomic E-state index is 0.269. The van der Waals surface area contributed by atoms with Gasteiger partial charge < -0.3 is 16.8 Å². The number of amides is 1. The van der Waals surface area contributed by atoms with Crippen LogP contribution in [0.5, 0.6) is 0 Å². The maximum absolute atomic E-state index is 11.4. The van der Waals surface area contributed by atoms with E-state index >= 15 is 0 Å². The van der Waals surface area contributed by atoms with Gasteiger partial charge in [-0.25, -0.2) is 0 Å². The molecule has 5 heteroatoms. The summed E-state index contributed by atoms with van der Waals surface area (Å²) >= 11 is 6.11. The van der Waals surface area contributed by atoms with E-state index in [2.05, 4.69) is 5.32 Å². The molecule has 0 spiro atoms. The zero-order chi connectivity index (χ0) is 14.0. The highest BCUT2D eigenvalue weighted by Gasteiger charge is 2.13. The molecule has 0 heterocycles. The smallest absolute Gasteiger partial charge is 0.250 e. The fraction of sp³-hybridized carbons (Fsp3) is 0.0714. The second kappa shape index (κ2) is 5.20. The third kappa shape index (κ3) is 2.98. The predicted molar refractivity (Wildman–Crippen MR) is 78.8 cm³/mol. The molecule has 0 bridgehead atoms. The minimum Gasteiger partial charge on any atom is -0.399 e. The van der Waals surface area contributed by atoms with Gasteiger partial charge in [0.15, 0.2) is 0 Å². The van der Waals surface area contributed by atoms with Gasteiger partial charge in [-0.05, 0) is 31.2 Å². The van der Waals surface area contributed by atoms with E-state index in [9.17, 15) is 4.79 Å². The lowest BCUT2D eigenvalue weighted by atomic mass is 10.1. The number of nitrogens with two attached hydrogens (primary N) is 2. The molecule has 0 aromatic heterocycles. The van der Waals surface area contributed by atoms with Crippen molar-refractivity contribution in [2.45, 2.75) is 6.92 Å². The van der Waals surface area contributed by atoms with Crippen LogP contribution in [-0.4, -0.2) is 5.91 Å². The van der Waals surface area contributed by atoms with Crippen LogP contribution in [0.2, 0.25) is 5.02 Å². The van der Waals surface area contributed by atoms with E-state index in [1.165, 1.54) is 6.07 Å². The lowest BCUT2D eigenvalue weighted by Gasteiger charge is -2.13. The molecule has 2 aromatic carbocycles. The molecule has 98 valence electrons. The molecule has 0 aliphatic rings. The van der Waals surface area contributed by atoms with Crippen molar-refractivity contribution in [3.8, 4) is 0 Å². The molecule has 4 nitrogen and oxygen atoms in total. The maximum Gasteiger partial charge on any atom is 0.250 e. The van der Waals surface area contributed by atoms with Gasteiger partial charge in [0.2, 0.25) is 0 Å². The Bertz CT molecular complexity index is 623. The molecule has 5 N–H and O–H groups in total. The van der Waals surface area contributed by atoms with E-state index in [0.29, 0.717) is 16.4 Å². The van der Waals surface area contributed by atoms with Crippen LogP contribution in [0.15, 0.2) is 36.4 Å². The van der Waals surface area contributed by atoms with Crippen LogP contribution in [0.1, 0.15) is 15.9 Å². The summed E-state index contributed by atoms with van der Waals surface area (Å²) in [6.45, 7) is 1.99. The fourth-order valence-electron chi connectivity index (χ4n) is 1.73. The first-order chi connectivity index (χ1) is 8.97. The predicted octanol–water partition coefficient (Wildman–Crippen LogP) is 3.07. The van der Waals surface area contributed by atoms with Gasteiger partial charge in [-0.2, -0.15) is 0 Å². The number of halogens is 1. The standard InChI is InChI=1S/C14H14ClN3O/c1-8-2-4-10(5-3-8)18-13-11(14(17)19)6-9(16)7-12(13)15/h2-7,18H,16H2,1H3,(H2,17,19). The van der Waals surface area contributed by atoms with Crippen molar-refractivity contribution in [3.63, 3.8) is 0 Å². The molecule has 0 aliphatic carbocycles. The number of hydrogen-bond donors (Lipinski definition) is 3. The number of aryl methyl sites for hydroxylation is 1. The van der Waals surface area contributed by atoms with E-state index in [-0.39, 0.29) is 5.56 Å². The Morgan fingerprint density at radius 1 is 1.21 bits per heavy atom. The van der Waals surface area contributed by atoms with Crippen LogP contribution in [0, 0.1) is 6.92 Å². The van der Waals surface area contributed by atoms with Gasteiger partial charge in [-0.1, -0.05) is 29.3 Å². The van der Waals surface area contributed by atoms with Crippen LogP contribution < -0.4 is 16.8 Å². The second-order valence-corrected chi connectivity index (χ2v) is 4.69. The van der Waals surface area contributed by atoms with Crippen molar-refractivity contribution < 1.29 is 4.79 Å². The van der Waals surface area contributed by atoms with E-state index in [0.717, 1.165) is 11.3 Å². The van der Waals surface area contributed by atoms with Gasteiger partial charge in [0.25, 0.3) is 5.91 Å². The van der Waals surface area contributed by atoms with Crippen molar-refractivity contribution >= 4 is 34.6 Å². The van der Waals surface area contributed by atoms with Crippen LogP contribution in [-0.2, 0) is 0 Å². The van der Waals surface area contributed by atoms with Gasteiger partial charge in [0.05, 0.1) is 16.3 Å². The summed E-state index contributed by atoms with van der Waals surface area (Å²) in [6.07, 6.45) is 0. The lowest BCUT2D eigenvalue weighted by molar-refractivity contribution is 0.100. The SMILES string of the molecule is Cc1ccc(Nc2c(Cl)cc(N)cc2C(N)=O)cc1. The number of primary amides is 1. The first-order valence-corrected chi connectivity index (χ1v) is 6.07. The number of benzene rings is 2. The second-order valence-electron chi connectivity index (χ2n) is 4.28. The van der Waals surface area contributed by atoms with E-state index in [1.807, 2.05) is 31.2 Å². The third-order valence-corrected chi connectivity index (χ3v) is 3.00. The normalized spacial score (nSPS) is 10.2. The molecule has 0 atom stereocenters. The van der Waals surface area contributed by atoms with E-state index < -0.39 is 5.91 Å². The maximum atomic E-state index is 11.4. The summed E-state index contributed by atoms with van der Waals surface area (Å²) in [7, 11) is 0. The van der Waals surface area contributed by atoms with Crippen LogP contribution >= 0.6 is 11.6 Å². The van der Waals surface area contributed by atoms with Gasteiger partial charge in [-0.15, -0.1) is 0 Å². The molecular formula is C14H14ClN3O. The van der Waals surface area contributed by atoms with Crippen LogP contribution in [0.3, 0.4) is 0 Å². The summed E-state index contributed by atoms with van der Waals surface area (Å²) < 4.78 is 0. The summed E-state index contributed by atoms with van der Waals surface area (Å²) in [5.74, 6) is -0.580. The van der Waals surface area contributed by atoms with Crippen LogP contribution in [0.25, 0.3) is 0 Å². The van der Waals surface area contributed by atoms with Crippen LogP contribution in [0.4, 0.5) is 17.1 Å². The Labute approximate surface area is 116 Å². The molecule has 0 radical (unpaired) electrons. The molecule has 2 rings (SSSR count). The minimum atomic E-state index is -0.580. The molecule has 0 aliphatic heterocycles. The Kier molecular flexibility index (Phi) is 3.62. The summed E-state index contributed by atoms with van der Waals surface area (Å²) in [5, 5.41) is 3.44. The summed E-state index contributed by atoms with van der Waals surface area (Å²) in [6, 6.07) is 10.8. The van der Waals surface area contributed by atoms with Crippen molar-refractivity contribution in [3.05, 3.63) is 52.5 Å². The quantitative estimate of drug-likeness (QED) is 0.753. The van der Waals surface area contributed by atoms with E-state index in [4.69, 9.17) is 23.1 Å². The van der Waals surface area contributed by atoms with Crippen molar-refractivity contribution in [2.24, 2.45) is 5.73 Å². The number of carbonyl (C=O) groups is 1. The number of nitrogens with one attached hydrogen (secondary N) is 1. The first-order valence-electron chi connectivity index (χ1n) is 5.70. The molecule has 19 heavy (non-hydrogen) atoms. The lowest BCUT2D eigenvalue weighted by Crippen LogP contribution is -2.14. The summed E-state index contributed by atoms with van der Waals surface area (Å²) in [4.78, 5) is 11.4. The van der Waals surface area contributed by atoms with Gasteiger partial charge in [0, 0.05) is 11.4 Å². The number of nitrogen functional groups attached to an aromatic ring is 1. The van der Waals surface area contributed by atoms with Gasteiger partial charge >= 0.3 is 0 Å². The highest BCUT2D eigenvalue weighted by molar-refractivity contribution is 6.34. The molecule has 2 aromatic rings. The molecular weight excluding hydrogens is 262 g/mol. The largest absolute Gasteiger partial charge is 0.399 e. The van der Waals surface area contributed by atoms with Crippen molar-refractivity contribution in [1.82, 2.24) is 0 Å². The zero-order valence-corrected chi connectivity index (χ0v) is 11.2. The van der Waals surface area contributed by atoms with E-state index in [1.54, 1.807) is 6.07 Å². The zero-order valence-electron chi connectivity index (χ0n) is 10.4. The topological polar surface area (TPSA) is 81.1 Å². The Morgan fingerprint density at radius 2 is 1.84 bits per heavy atom. The number of carbonyl (C=O) groups excluding carboxylic acids is 1. The average Bonchev–Trinajstić information content (AvgIpc) is 2.34. The van der Waals surface area contributed by atoms with Gasteiger partial charge in [0.1, 0.15) is 0 Å². The molecule has 0 unspecified atom stereocenters. The molecule has 0 saturated carbocycles. The van der Waals surface area contributed by atoms with Crippen molar-refractivity contribution in [1.29, 1.82) is 0 Å².